The van der Waals surface area contributed by atoms with Crippen molar-refractivity contribution in [2.45, 2.75) is 31.5 Å². The van der Waals surface area contributed by atoms with Crippen molar-refractivity contribution >= 4 is 28.6 Å². The molecule has 132 valence electrons. The van der Waals surface area contributed by atoms with E-state index < -0.39 is 0 Å². The molecule has 5 nitrogen and oxygen atoms in total. The lowest BCUT2D eigenvalue weighted by Gasteiger charge is -2.30. The molecule has 1 aromatic heterocycles. The van der Waals surface area contributed by atoms with Crippen molar-refractivity contribution in [3.63, 3.8) is 0 Å². The molecular weight excluding hydrogens is 334 g/mol. The number of thioether (sulfide) groups is 1. The van der Waals surface area contributed by atoms with Gasteiger partial charge in [-0.15, -0.1) is 6.58 Å². The van der Waals surface area contributed by atoms with Gasteiger partial charge in [-0.2, -0.15) is 0 Å². The average molecular weight is 357 g/mol. The van der Waals surface area contributed by atoms with Gasteiger partial charge in [-0.05, 0) is 30.9 Å². The number of carbonyl (C=O) groups is 1. The Kier molecular flexibility index (Phi) is 5.58. The first-order valence-electron chi connectivity index (χ1n) is 8.61. The SMILES string of the molecule is C=CCn1c(SCC(=O)N2CCC(C)CC2)nc2ccccc2c1=O. The second-order valence-corrected chi connectivity index (χ2v) is 7.41. The van der Waals surface area contributed by atoms with Crippen LogP contribution in [-0.2, 0) is 11.3 Å². The monoisotopic (exact) mass is 357 g/mol. The highest BCUT2D eigenvalue weighted by atomic mass is 32.2. The van der Waals surface area contributed by atoms with Crippen molar-refractivity contribution in [3.8, 4) is 0 Å². The van der Waals surface area contributed by atoms with E-state index in [1.807, 2.05) is 23.1 Å². The number of fused-ring (bicyclic) bond motifs is 1. The topological polar surface area (TPSA) is 55.2 Å². The molecule has 1 amide bonds. The van der Waals surface area contributed by atoms with Crippen LogP contribution in [0.1, 0.15) is 19.8 Å². The molecule has 6 heteroatoms. The smallest absolute Gasteiger partial charge is 0.262 e. The zero-order chi connectivity index (χ0) is 17.8. The summed E-state index contributed by atoms with van der Waals surface area (Å²) in [6, 6.07) is 7.30. The number of nitrogens with zero attached hydrogens (tertiary/aromatic N) is 3. The third kappa shape index (κ3) is 3.95. The average Bonchev–Trinajstić information content (AvgIpc) is 2.63. The predicted molar refractivity (Wildman–Crippen MR) is 102 cm³/mol. The highest BCUT2D eigenvalue weighted by Crippen LogP contribution is 2.21. The number of piperidine rings is 1. The van der Waals surface area contributed by atoms with Crippen LogP contribution in [0.4, 0.5) is 0 Å². The summed E-state index contributed by atoms with van der Waals surface area (Å²) in [5, 5.41) is 1.16. The van der Waals surface area contributed by atoms with Crippen LogP contribution in [0.25, 0.3) is 10.9 Å². The van der Waals surface area contributed by atoms with Crippen LogP contribution in [0.5, 0.6) is 0 Å². The van der Waals surface area contributed by atoms with E-state index in [1.165, 1.54) is 11.8 Å². The highest BCUT2D eigenvalue weighted by Gasteiger charge is 2.21. The maximum atomic E-state index is 12.7. The van der Waals surface area contributed by atoms with Crippen molar-refractivity contribution in [2.75, 3.05) is 18.8 Å². The predicted octanol–water partition coefficient (Wildman–Crippen LogP) is 2.93. The second kappa shape index (κ2) is 7.87. The summed E-state index contributed by atoms with van der Waals surface area (Å²) in [6.45, 7) is 7.98. The first-order chi connectivity index (χ1) is 12.1. The summed E-state index contributed by atoms with van der Waals surface area (Å²) in [4.78, 5) is 31.7. The first-order valence-corrected chi connectivity index (χ1v) is 9.59. The molecule has 0 radical (unpaired) electrons. The molecule has 0 atom stereocenters. The lowest BCUT2D eigenvalue weighted by molar-refractivity contribution is -0.129. The number of para-hydroxylation sites is 1. The number of benzene rings is 1. The number of carbonyl (C=O) groups excluding carboxylic acids is 1. The number of aromatic nitrogens is 2. The standard InChI is InChI=1S/C19H23N3O2S/c1-3-10-22-18(24)15-6-4-5-7-16(15)20-19(22)25-13-17(23)21-11-8-14(2)9-12-21/h3-7,14H,1,8-13H2,2H3. The number of hydrogen-bond donors (Lipinski definition) is 0. The van der Waals surface area contributed by atoms with Gasteiger partial charge in [0.05, 0.1) is 16.7 Å². The van der Waals surface area contributed by atoms with Gasteiger partial charge in [-0.25, -0.2) is 4.98 Å². The van der Waals surface area contributed by atoms with Gasteiger partial charge >= 0.3 is 0 Å². The minimum absolute atomic E-state index is 0.0905. The largest absolute Gasteiger partial charge is 0.342 e. The Labute approximate surface area is 151 Å². The molecule has 1 aromatic carbocycles. The molecule has 25 heavy (non-hydrogen) atoms. The summed E-state index contributed by atoms with van der Waals surface area (Å²) in [6.07, 6.45) is 3.80. The molecular formula is C19H23N3O2S. The normalized spacial score (nSPS) is 15.5. The molecule has 0 N–H and O–H groups in total. The number of rotatable bonds is 5. The summed E-state index contributed by atoms with van der Waals surface area (Å²) < 4.78 is 1.59. The lowest BCUT2D eigenvalue weighted by Crippen LogP contribution is -2.39. The van der Waals surface area contributed by atoms with E-state index in [4.69, 9.17) is 0 Å². The number of allylic oxidation sites excluding steroid dienone is 1. The maximum absolute atomic E-state index is 12.7. The van der Waals surface area contributed by atoms with Crippen LogP contribution >= 0.6 is 11.8 Å². The van der Waals surface area contributed by atoms with Crippen molar-refractivity contribution in [1.82, 2.24) is 14.5 Å². The Bertz CT molecular complexity index is 838. The summed E-state index contributed by atoms with van der Waals surface area (Å²) in [5.41, 5.74) is 0.571. The van der Waals surface area contributed by atoms with Crippen LogP contribution in [0.3, 0.4) is 0 Å². The van der Waals surface area contributed by atoms with Crippen LogP contribution in [-0.4, -0.2) is 39.2 Å². The van der Waals surface area contributed by atoms with Crippen LogP contribution in [0, 0.1) is 5.92 Å². The summed E-state index contributed by atoms with van der Waals surface area (Å²) in [7, 11) is 0. The van der Waals surface area contributed by atoms with Gasteiger partial charge in [0.1, 0.15) is 0 Å². The number of hydrogen-bond acceptors (Lipinski definition) is 4. The molecule has 0 unspecified atom stereocenters. The van der Waals surface area contributed by atoms with Gasteiger partial charge < -0.3 is 4.90 Å². The van der Waals surface area contributed by atoms with E-state index in [1.54, 1.807) is 16.7 Å². The van der Waals surface area contributed by atoms with Gasteiger partial charge in [0.25, 0.3) is 5.56 Å². The van der Waals surface area contributed by atoms with Crippen LogP contribution in [0.2, 0.25) is 0 Å². The molecule has 2 aromatic rings. The molecule has 1 saturated heterocycles. The molecule has 0 saturated carbocycles. The molecule has 0 spiro atoms. The van der Waals surface area contributed by atoms with Crippen LogP contribution in [0.15, 0.2) is 46.9 Å². The Balaban J connectivity index is 1.80. The zero-order valence-electron chi connectivity index (χ0n) is 14.5. The van der Waals surface area contributed by atoms with Gasteiger partial charge in [0.15, 0.2) is 5.16 Å². The molecule has 1 aliphatic heterocycles. The molecule has 0 aliphatic carbocycles. The van der Waals surface area contributed by atoms with Gasteiger partial charge in [0, 0.05) is 19.6 Å². The fraction of sp³-hybridized carbons (Fsp3) is 0.421. The highest BCUT2D eigenvalue weighted by molar-refractivity contribution is 7.99. The number of amides is 1. The van der Waals surface area contributed by atoms with E-state index in [2.05, 4.69) is 18.5 Å². The molecule has 1 fully saturated rings. The van der Waals surface area contributed by atoms with E-state index >= 15 is 0 Å². The molecule has 0 bridgehead atoms. The fourth-order valence-corrected chi connectivity index (χ4v) is 3.93. The zero-order valence-corrected chi connectivity index (χ0v) is 15.3. The fourth-order valence-electron chi connectivity index (χ4n) is 3.02. The minimum Gasteiger partial charge on any atom is -0.342 e. The Morgan fingerprint density at radius 3 is 2.80 bits per heavy atom. The first kappa shape index (κ1) is 17.7. The molecule has 2 heterocycles. The van der Waals surface area contributed by atoms with E-state index in [-0.39, 0.29) is 11.5 Å². The summed E-state index contributed by atoms with van der Waals surface area (Å²) >= 11 is 1.33. The van der Waals surface area contributed by atoms with E-state index in [9.17, 15) is 9.59 Å². The van der Waals surface area contributed by atoms with Gasteiger partial charge in [-0.1, -0.05) is 36.9 Å². The van der Waals surface area contributed by atoms with Gasteiger partial charge in [0.2, 0.25) is 5.91 Å². The van der Waals surface area contributed by atoms with Crippen LogP contribution < -0.4 is 5.56 Å². The Morgan fingerprint density at radius 1 is 1.36 bits per heavy atom. The number of likely N-dealkylation sites (tertiary alicyclic amines) is 1. The van der Waals surface area contributed by atoms with Gasteiger partial charge in [-0.3, -0.25) is 14.2 Å². The maximum Gasteiger partial charge on any atom is 0.262 e. The van der Waals surface area contributed by atoms with Crippen molar-refractivity contribution in [1.29, 1.82) is 0 Å². The third-order valence-electron chi connectivity index (χ3n) is 4.60. The Hall–Kier alpha value is -2.08. The lowest BCUT2D eigenvalue weighted by atomic mass is 9.99. The Morgan fingerprint density at radius 2 is 2.08 bits per heavy atom. The quantitative estimate of drug-likeness (QED) is 0.469. The third-order valence-corrected chi connectivity index (χ3v) is 5.56. The second-order valence-electron chi connectivity index (χ2n) is 6.47. The van der Waals surface area contributed by atoms with E-state index in [0.717, 1.165) is 25.9 Å². The van der Waals surface area contributed by atoms with Crippen molar-refractivity contribution in [3.05, 3.63) is 47.3 Å². The molecule has 1 aliphatic rings. The van der Waals surface area contributed by atoms with E-state index in [0.29, 0.717) is 34.3 Å². The minimum atomic E-state index is -0.0905. The molecule has 3 rings (SSSR count). The summed E-state index contributed by atoms with van der Waals surface area (Å²) in [5.74, 6) is 1.11. The van der Waals surface area contributed by atoms with Crippen molar-refractivity contribution in [2.24, 2.45) is 5.92 Å². The van der Waals surface area contributed by atoms with Crippen molar-refractivity contribution < 1.29 is 4.79 Å².